The highest BCUT2D eigenvalue weighted by Gasteiger charge is 2.29. The molecule has 4 nitrogen and oxygen atoms in total. The molecular weight excluding hydrogens is 262 g/mol. The molecule has 5 heteroatoms. The van der Waals surface area contributed by atoms with E-state index in [4.69, 9.17) is 16.1 Å². The Kier molecular flexibility index (Phi) is 3.53. The number of rotatable bonds is 3. The molecular formula is C14H16ClN3O. The number of halogens is 1. The van der Waals surface area contributed by atoms with E-state index in [1.54, 1.807) is 0 Å². The maximum Gasteiger partial charge on any atom is 0.231 e. The summed E-state index contributed by atoms with van der Waals surface area (Å²) >= 11 is 6.14. The van der Waals surface area contributed by atoms with Crippen molar-refractivity contribution < 1.29 is 4.52 Å². The van der Waals surface area contributed by atoms with Gasteiger partial charge in [0.25, 0.3) is 0 Å². The number of nitrogens with one attached hydrogen (secondary N) is 1. The first-order valence-corrected chi connectivity index (χ1v) is 6.88. The van der Waals surface area contributed by atoms with E-state index in [1.807, 2.05) is 24.3 Å². The lowest BCUT2D eigenvalue weighted by molar-refractivity contribution is 0.337. The number of aromatic nitrogens is 2. The smallest absolute Gasteiger partial charge is 0.231 e. The van der Waals surface area contributed by atoms with Crippen LogP contribution < -0.4 is 5.32 Å². The van der Waals surface area contributed by atoms with Gasteiger partial charge in [-0.05, 0) is 24.1 Å². The van der Waals surface area contributed by atoms with Crippen LogP contribution in [0.15, 0.2) is 28.8 Å². The average Bonchev–Trinajstić information content (AvgIpc) is 3.01. The first-order valence-electron chi connectivity index (χ1n) is 6.50. The van der Waals surface area contributed by atoms with Crippen LogP contribution in [0.1, 0.15) is 30.1 Å². The molecule has 2 aromatic rings. The third-order valence-electron chi connectivity index (χ3n) is 3.62. The Morgan fingerprint density at radius 1 is 1.37 bits per heavy atom. The Balaban J connectivity index is 1.77. The molecule has 1 aromatic carbocycles. The van der Waals surface area contributed by atoms with Crippen molar-refractivity contribution in [3.8, 4) is 0 Å². The van der Waals surface area contributed by atoms with E-state index in [1.165, 1.54) is 0 Å². The van der Waals surface area contributed by atoms with Crippen LogP contribution in [0, 0.1) is 5.92 Å². The normalized spacial score (nSPS) is 22.8. The molecule has 0 bridgehead atoms. The minimum absolute atomic E-state index is 0.326. The average molecular weight is 278 g/mol. The van der Waals surface area contributed by atoms with Crippen LogP contribution >= 0.6 is 11.6 Å². The third kappa shape index (κ3) is 2.65. The second-order valence-corrected chi connectivity index (χ2v) is 5.47. The van der Waals surface area contributed by atoms with Crippen LogP contribution in [0.3, 0.4) is 0 Å². The van der Waals surface area contributed by atoms with E-state index >= 15 is 0 Å². The molecule has 0 saturated carbocycles. The molecule has 19 heavy (non-hydrogen) atoms. The fourth-order valence-corrected chi connectivity index (χ4v) is 2.65. The van der Waals surface area contributed by atoms with Gasteiger partial charge in [-0.15, -0.1) is 0 Å². The number of hydrogen-bond acceptors (Lipinski definition) is 4. The SMILES string of the molecule is C[C@@H]1CNC[C@H]1c1nc(Cc2ccccc2Cl)no1. The molecule has 0 aliphatic carbocycles. The van der Waals surface area contributed by atoms with Gasteiger partial charge in [0.15, 0.2) is 5.82 Å². The van der Waals surface area contributed by atoms with E-state index in [-0.39, 0.29) is 0 Å². The van der Waals surface area contributed by atoms with Crippen molar-refractivity contribution in [2.24, 2.45) is 5.92 Å². The molecule has 1 fully saturated rings. The van der Waals surface area contributed by atoms with Crippen molar-refractivity contribution in [3.05, 3.63) is 46.6 Å². The minimum Gasteiger partial charge on any atom is -0.339 e. The third-order valence-corrected chi connectivity index (χ3v) is 3.99. The van der Waals surface area contributed by atoms with Gasteiger partial charge >= 0.3 is 0 Å². The van der Waals surface area contributed by atoms with Gasteiger partial charge in [-0.1, -0.05) is 41.9 Å². The van der Waals surface area contributed by atoms with Gasteiger partial charge in [-0.3, -0.25) is 0 Å². The summed E-state index contributed by atoms with van der Waals surface area (Å²) in [6.07, 6.45) is 0.609. The highest BCUT2D eigenvalue weighted by molar-refractivity contribution is 6.31. The van der Waals surface area contributed by atoms with Gasteiger partial charge in [-0.25, -0.2) is 0 Å². The Hall–Kier alpha value is -1.39. The van der Waals surface area contributed by atoms with Crippen LogP contribution in [-0.2, 0) is 6.42 Å². The standard InChI is InChI=1S/C14H16ClN3O/c1-9-7-16-8-11(9)14-17-13(18-19-14)6-10-4-2-3-5-12(10)15/h2-5,9,11,16H,6-8H2,1H3/t9-,11-/m1/s1. The van der Waals surface area contributed by atoms with Gasteiger partial charge < -0.3 is 9.84 Å². The number of benzene rings is 1. The monoisotopic (exact) mass is 277 g/mol. The zero-order valence-electron chi connectivity index (χ0n) is 10.8. The first kappa shape index (κ1) is 12.6. The van der Waals surface area contributed by atoms with Gasteiger partial charge in [0.05, 0.1) is 5.92 Å². The summed E-state index contributed by atoms with van der Waals surface area (Å²) in [5.74, 6) is 2.29. The fourth-order valence-electron chi connectivity index (χ4n) is 2.44. The molecule has 0 amide bonds. The Morgan fingerprint density at radius 3 is 2.95 bits per heavy atom. The minimum atomic E-state index is 0.326. The summed E-state index contributed by atoms with van der Waals surface area (Å²) in [5.41, 5.74) is 1.02. The molecule has 2 heterocycles. The van der Waals surface area contributed by atoms with Crippen LogP contribution in [-0.4, -0.2) is 23.2 Å². The highest BCUT2D eigenvalue weighted by atomic mass is 35.5. The zero-order valence-corrected chi connectivity index (χ0v) is 11.5. The van der Waals surface area contributed by atoms with Crippen LogP contribution in [0.5, 0.6) is 0 Å². The Labute approximate surface area is 117 Å². The molecule has 1 N–H and O–H groups in total. The topological polar surface area (TPSA) is 51.0 Å². The van der Waals surface area contributed by atoms with E-state index in [2.05, 4.69) is 22.4 Å². The maximum absolute atomic E-state index is 6.14. The molecule has 1 aliphatic heterocycles. The Morgan fingerprint density at radius 2 is 2.21 bits per heavy atom. The van der Waals surface area contributed by atoms with Crippen molar-refractivity contribution in [1.82, 2.24) is 15.5 Å². The summed E-state index contributed by atoms with van der Waals surface area (Å²) < 4.78 is 5.39. The van der Waals surface area contributed by atoms with Crippen LogP contribution in [0.25, 0.3) is 0 Å². The van der Waals surface area contributed by atoms with Crippen molar-refractivity contribution in [2.75, 3.05) is 13.1 Å². The molecule has 1 saturated heterocycles. The molecule has 3 rings (SSSR count). The maximum atomic E-state index is 6.14. The molecule has 0 spiro atoms. The number of nitrogens with zero attached hydrogens (tertiary/aromatic N) is 2. The lowest BCUT2D eigenvalue weighted by atomic mass is 9.98. The lowest BCUT2D eigenvalue weighted by Crippen LogP contribution is -2.08. The Bertz CT molecular complexity index is 569. The second kappa shape index (κ2) is 5.31. The van der Waals surface area contributed by atoms with E-state index in [9.17, 15) is 0 Å². The fraction of sp³-hybridized carbons (Fsp3) is 0.429. The first-order chi connectivity index (χ1) is 9.24. The molecule has 100 valence electrons. The van der Waals surface area contributed by atoms with Gasteiger partial charge in [0.2, 0.25) is 5.89 Å². The van der Waals surface area contributed by atoms with Crippen LogP contribution in [0.4, 0.5) is 0 Å². The summed E-state index contributed by atoms with van der Waals surface area (Å²) in [5, 5.41) is 8.14. The highest BCUT2D eigenvalue weighted by Crippen LogP contribution is 2.26. The zero-order chi connectivity index (χ0) is 13.2. The van der Waals surface area contributed by atoms with Crippen molar-refractivity contribution >= 4 is 11.6 Å². The van der Waals surface area contributed by atoms with Crippen molar-refractivity contribution in [3.63, 3.8) is 0 Å². The van der Waals surface area contributed by atoms with E-state index in [0.29, 0.717) is 24.1 Å². The quantitative estimate of drug-likeness (QED) is 0.937. The lowest BCUT2D eigenvalue weighted by Gasteiger charge is -2.07. The predicted octanol–water partition coefficient (Wildman–Crippen LogP) is 2.64. The molecule has 1 aliphatic rings. The van der Waals surface area contributed by atoms with E-state index in [0.717, 1.165) is 29.6 Å². The predicted molar refractivity (Wildman–Crippen MR) is 73.3 cm³/mol. The summed E-state index contributed by atoms with van der Waals surface area (Å²) in [6.45, 7) is 4.12. The van der Waals surface area contributed by atoms with Gasteiger partial charge in [0.1, 0.15) is 0 Å². The summed E-state index contributed by atoms with van der Waals surface area (Å²) in [7, 11) is 0. The van der Waals surface area contributed by atoms with Gasteiger partial charge in [-0.2, -0.15) is 4.98 Å². The second-order valence-electron chi connectivity index (χ2n) is 5.06. The summed E-state index contributed by atoms with van der Waals surface area (Å²) in [4.78, 5) is 4.50. The summed E-state index contributed by atoms with van der Waals surface area (Å²) in [6, 6.07) is 7.74. The molecule has 0 radical (unpaired) electrons. The van der Waals surface area contributed by atoms with E-state index < -0.39 is 0 Å². The largest absolute Gasteiger partial charge is 0.339 e. The molecule has 1 aromatic heterocycles. The van der Waals surface area contributed by atoms with Crippen molar-refractivity contribution in [1.29, 1.82) is 0 Å². The molecule has 2 atom stereocenters. The van der Waals surface area contributed by atoms with Crippen LogP contribution in [0.2, 0.25) is 5.02 Å². The molecule has 0 unspecified atom stereocenters. The van der Waals surface area contributed by atoms with Gasteiger partial charge in [0, 0.05) is 18.0 Å². The number of hydrogen-bond donors (Lipinski definition) is 1. The van der Waals surface area contributed by atoms with Crippen molar-refractivity contribution in [2.45, 2.75) is 19.3 Å².